The third-order valence-electron chi connectivity index (χ3n) is 4.22. The van der Waals surface area contributed by atoms with Crippen molar-refractivity contribution in [2.75, 3.05) is 13.1 Å². The highest BCUT2D eigenvalue weighted by molar-refractivity contribution is 7.89. The monoisotopic (exact) mass is 393 g/mol. The van der Waals surface area contributed by atoms with E-state index in [0.717, 1.165) is 12.8 Å². The predicted octanol–water partition coefficient (Wildman–Crippen LogP) is 2.41. The maximum atomic E-state index is 12.5. The van der Waals surface area contributed by atoms with E-state index in [4.69, 9.17) is 9.26 Å². The molecule has 27 heavy (non-hydrogen) atoms. The van der Waals surface area contributed by atoms with Crippen LogP contribution < -0.4 is 0 Å². The highest BCUT2D eigenvalue weighted by Crippen LogP contribution is 2.21. The molecule has 0 atom stereocenters. The van der Waals surface area contributed by atoms with Gasteiger partial charge >= 0.3 is 5.97 Å². The fraction of sp³-hybridized carbons (Fsp3) is 0.500. The lowest BCUT2D eigenvalue weighted by Crippen LogP contribution is -2.27. The van der Waals surface area contributed by atoms with Gasteiger partial charge in [-0.05, 0) is 43.0 Å². The van der Waals surface area contributed by atoms with Crippen LogP contribution in [0.2, 0.25) is 0 Å². The molecule has 0 N–H and O–H groups in total. The van der Waals surface area contributed by atoms with Crippen molar-refractivity contribution in [2.45, 2.75) is 44.6 Å². The summed E-state index contributed by atoms with van der Waals surface area (Å²) in [6.07, 6.45) is 2.43. The summed E-state index contributed by atoms with van der Waals surface area (Å²) >= 11 is 0. The molecule has 0 spiro atoms. The van der Waals surface area contributed by atoms with Gasteiger partial charge in [0, 0.05) is 19.5 Å². The predicted molar refractivity (Wildman–Crippen MR) is 96.4 cm³/mol. The van der Waals surface area contributed by atoms with Crippen LogP contribution in [0.5, 0.6) is 0 Å². The van der Waals surface area contributed by atoms with Crippen molar-refractivity contribution in [3.63, 3.8) is 0 Å². The van der Waals surface area contributed by atoms with Crippen molar-refractivity contribution in [3.8, 4) is 0 Å². The molecule has 0 aliphatic carbocycles. The molecule has 0 unspecified atom stereocenters. The number of carbonyl (C=O) groups excluding carboxylic acids is 1. The summed E-state index contributed by atoms with van der Waals surface area (Å²) in [5, 5.41) is 3.83. The van der Waals surface area contributed by atoms with Crippen LogP contribution >= 0.6 is 0 Å². The van der Waals surface area contributed by atoms with Crippen molar-refractivity contribution in [2.24, 2.45) is 5.92 Å². The van der Waals surface area contributed by atoms with Crippen molar-refractivity contribution < 1.29 is 22.5 Å². The van der Waals surface area contributed by atoms with E-state index in [1.807, 2.05) is 13.8 Å². The molecule has 0 radical (unpaired) electrons. The first-order valence-electron chi connectivity index (χ1n) is 8.95. The molecular weight excluding hydrogens is 370 g/mol. The summed E-state index contributed by atoms with van der Waals surface area (Å²) in [5.74, 6) is 0.622. The van der Waals surface area contributed by atoms with Gasteiger partial charge in [0.05, 0.1) is 10.5 Å². The van der Waals surface area contributed by atoms with E-state index in [1.54, 1.807) is 0 Å². The standard InChI is InChI=1S/C18H23N3O5S/c1-13(2)11-16-19-17(26-20-16)12-25-18(22)14-5-7-15(8-6-14)27(23,24)21-9-3-4-10-21/h5-8,13H,3-4,9-12H2,1-2H3. The van der Waals surface area contributed by atoms with Crippen molar-refractivity contribution in [1.82, 2.24) is 14.4 Å². The molecule has 3 rings (SSSR count). The van der Waals surface area contributed by atoms with Crippen LogP contribution in [-0.4, -0.2) is 41.9 Å². The first-order chi connectivity index (χ1) is 12.9. The summed E-state index contributed by atoms with van der Waals surface area (Å²) < 4.78 is 36.6. The van der Waals surface area contributed by atoms with Gasteiger partial charge in [0.15, 0.2) is 12.4 Å². The lowest BCUT2D eigenvalue weighted by molar-refractivity contribution is 0.0429. The SMILES string of the molecule is CC(C)Cc1noc(COC(=O)c2ccc(S(=O)(=O)N3CCCC3)cc2)n1. The third-order valence-corrected chi connectivity index (χ3v) is 6.13. The molecule has 8 nitrogen and oxygen atoms in total. The summed E-state index contributed by atoms with van der Waals surface area (Å²) in [7, 11) is -3.50. The van der Waals surface area contributed by atoms with E-state index >= 15 is 0 Å². The van der Waals surface area contributed by atoms with Gasteiger partial charge in [-0.3, -0.25) is 0 Å². The van der Waals surface area contributed by atoms with E-state index in [2.05, 4.69) is 10.1 Å². The summed E-state index contributed by atoms with van der Waals surface area (Å²) in [4.78, 5) is 16.5. The fourth-order valence-corrected chi connectivity index (χ4v) is 4.37. The van der Waals surface area contributed by atoms with Crippen LogP contribution in [0.25, 0.3) is 0 Å². The number of hydrogen-bond acceptors (Lipinski definition) is 7. The number of benzene rings is 1. The van der Waals surface area contributed by atoms with Crippen molar-refractivity contribution >= 4 is 16.0 Å². The molecule has 0 amide bonds. The highest BCUT2D eigenvalue weighted by Gasteiger charge is 2.27. The summed E-state index contributed by atoms with van der Waals surface area (Å²) in [6, 6.07) is 5.75. The average Bonchev–Trinajstić information content (AvgIpc) is 3.31. The number of nitrogens with zero attached hydrogens (tertiary/aromatic N) is 3. The molecule has 1 aromatic carbocycles. The van der Waals surface area contributed by atoms with Gasteiger partial charge in [0.2, 0.25) is 10.0 Å². The number of rotatable bonds is 7. The zero-order chi connectivity index (χ0) is 19.4. The van der Waals surface area contributed by atoms with Crippen LogP contribution in [0.15, 0.2) is 33.7 Å². The molecular formula is C18H23N3O5S. The van der Waals surface area contributed by atoms with Gasteiger partial charge in [-0.2, -0.15) is 9.29 Å². The molecule has 2 heterocycles. The Morgan fingerprint density at radius 3 is 2.52 bits per heavy atom. The van der Waals surface area contributed by atoms with Gasteiger partial charge in [-0.1, -0.05) is 19.0 Å². The normalized spacial score (nSPS) is 15.4. The summed E-state index contributed by atoms with van der Waals surface area (Å²) in [6.45, 7) is 5.04. The maximum Gasteiger partial charge on any atom is 0.338 e. The number of aromatic nitrogens is 2. The largest absolute Gasteiger partial charge is 0.452 e. The molecule has 0 bridgehead atoms. The lowest BCUT2D eigenvalue weighted by Gasteiger charge is -2.15. The second kappa shape index (κ2) is 8.18. The first-order valence-corrected chi connectivity index (χ1v) is 10.4. The Bertz CT molecular complexity index is 884. The first kappa shape index (κ1) is 19.5. The summed E-state index contributed by atoms with van der Waals surface area (Å²) in [5.41, 5.74) is 0.261. The molecule has 1 saturated heterocycles. The van der Waals surface area contributed by atoms with Gasteiger partial charge in [0.1, 0.15) is 0 Å². The molecule has 146 valence electrons. The Balaban J connectivity index is 1.60. The number of esters is 1. The van der Waals surface area contributed by atoms with E-state index in [0.29, 0.717) is 31.3 Å². The Morgan fingerprint density at radius 2 is 1.89 bits per heavy atom. The molecule has 9 heteroatoms. The topological polar surface area (TPSA) is 103 Å². The zero-order valence-corrected chi connectivity index (χ0v) is 16.2. The Morgan fingerprint density at radius 1 is 1.22 bits per heavy atom. The minimum Gasteiger partial charge on any atom is -0.452 e. The molecule has 1 fully saturated rings. The van der Waals surface area contributed by atoms with Crippen LogP contribution in [0.1, 0.15) is 48.8 Å². The Kier molecular flexibility index (Phi) is 5.91. The maximum absolute atomic E-state index is 12.5. The molecule has 1 aliphatic heterocycles. The van der Waals surface area contributed by atoms with Gasteiger partial charge in [-0.25, -0.2) is 13.2 Å². The lowest BCUT2D eigenvalue weighted by atomic mass is 10.1. The highest BCUT2D eigenvalue weighted by atomic mass is 32.2. The van der Waals surface area contributed by atoms with Gasteiger partial charge < -0.3 is 9.26 Å². The Hall–Kier alpha value is -2.26. The van der Waals surface area contributed by atoms with Crippen molar-refractivity contribution in [3.05, 3.63) is 41.5 Å². The number of carbonyl (C=O) groups is 1. The van der Waals surface area contributed by atoms with Gasteiger partial charge in [-0.15, -0.1) is 0 Å². The second-order valence-electron chi connectivity index (χ2n) is 6.91. The molecule has 0 saturated carbocycles. The third kappa shape index (κ3) is 4.72. The van der Waals surface area contributed by atoms with Crippen LogP contribution in [0, 0.1) is 5.92 Å². The second-order valence-corrected chi connectivity index (χ2v) is 8.85. The molecule has 2 aromatic rings. The van der Waals surface area contributed by atoms with Crippen molar-refractivity contribution in [1.29, 1.82) is 0 Å². The van der Waals surface area contributed by atoms with E-state index < -0.39 is 16.0 Å². The van der Waals surface area contributed by atoms with Crippen LogP contribution in [0.4, 0.5) is 0 Å². The van der Waals surface area contributed by atoms with Gasteiger partial charge in [0.25, 0.3) is 5.89 Å². The zero-order valence-electron chi connectivity index (χ0n) is 15.4. The minimum atomic E-state index is -3.50. The number of ether oxygens (including phenoxy) is 1. The molecule has 1 aliphatic rings. The molecule has 1 aromatic heterocycles. The quantitative estimate of drug-likeness (QED) is 0.666. The number of hydrogen-bond donors (Lipinski definition) is 0. The number of sulfonamides is 1. The smallest absolute Gasteiger partial charge is 0.338 e. The van der Waals surface area contributed by atoms with E-state index in [1.165, 1.54) is 28.6 Å². The van der Waals surface area contributed by atoms with E-state index in [-0.39, 0.29) is 23.0 Å². The average molecular weight is 393 g/mol. The Labute approximate surface area is 158 Å². The van der Waals surface area contributed by atoms with Crippen LogP contribution in [0.3, 0.4) is 0 Å². The minimum absolute atomic E-state index is 0.127. The fourth-order valence-electron chi connectivity index (χ4n) is 2.85. The van der Waals surface area contributed by atoms with Crippen LogP contribution in [-0.2, 0) is 27.8 Å². The van der Waals surface area contributed by atoms with E-state index in [9.17, 15) is 13.2 Å².